The van der Waals surface area contributed by atoms with Gasteiger partial charge in [0.25, 0.3) is 5.91 Å². The molecule has 0 spiro atoms. The van der Waals surface area contributed by atoms with Crippen LogP contribution < -0.4 is 14.8 Å². The SMILES string of the molecule is CCOc1ccc(-c2nonc2NC(=O)C(C)Oc2ccc(Cl)c(C)c2)cc1C. The Morgan fingerprint density at radius 2 is 1.97 bits per heavy atom. The zero-order chi connectivity index (χ0) is 21.0. The van der Waals surface area contributed by atoms with Crippen molar-refractivity contribution in [1.29, 1.82) is 0 Å². The summed E-state index contributed by atoms with van der Waals surface area (Å²) in [4.78, 5) is 12.6. The molecule has 0 aliphatic carbocycles. The van der Waals surface area contributed by atoms with Crippen LogP contribution in [0.2, 0.25) is 5.02 Å². The van der Waals surface area contributed by atoms with Gasteiger partial charge in [-0.2, -0.15) is 0 Å². The van der Waals surface area contributed by atoms with Crippen LogP contribution in [0, 0.1) is 13.8 Å². The van der Waals surface area contributed by atoms with Crippen molar-refractivity contribution in [2.24, 2.45) is 0 Å². The van der Waals surface area contributed by atoms with Crippen LogP contribution in [0.3, 0.4) is 0 Å². The normalized spacial score (nSPS) is 11.8. The molecule has 152 valence electrons. The first-order valence-electron chi connectivity index (χ1n) is 9.19. The molecule has 1 unspecified atom stereocenters. The Morgan fingerprint density at radius 3 is 2.66 bits per heavy atom. The fourth-order valence-electron chi connectivity index (χ4n) is 2.74. The number of aryl methyl sites for hydroxylation is 2. The highest BCUT2D eigenvalue weighted by molar-refractivity contribution is 6.31. The number of rotatable bonds is 7. The molecule has 0 saturated heterocycles. The van der Waals surface area contributed by atoms with Crippen molar-refractivity contribution in [1.82, 2.24) is 10.3 Å². The largest absolute Gasteiger partial charge is 0.494 e. The zero-order valence-corrected chi connectivity index (χ0v) is 17.4. The van der Waals surface area contributed by atoms with Gasteiger partial charge in [0.2, 0.25) is 5.82 Å². The second-order valence-electron chi connectivity index (χ2n) is 6.54. The molecule has 1 N–H and O–H groups in total. The number of hydrogen-bond acceptors (Lipinski definition) is 6. The van der Waals surface area contributed by atoms with Gasteiger partial charge in [-0.25, -0.2) is 4.63 Å². The number of halogens is 1. The summed E-state index contributed by atoms with van der Waals surface area (Å²) in [5.74, 6) is 1.19. The third-order valence-corrected chi connectivity index (χ3v) is 4.71. The lowest BCUT2D eigenvalue weighted by Crippen LogP contribution is -2.30. The van der Waals surface area contributed by atoms with E-state index in [-0.39, 0.29) is 11.7 Å². The van der Waals surface area contributed by atoms with E-state index in [2.05, 4.69) is 15.6 Å². The van der Waals surface area contributed by atoms with E-state index in [4.69, 9.17) is 25.7 Å². The maximum absolute atomic E-state index is 12.6. The average Bonchev–Trinajstić information content (AvgIpc) is 3.14. The molecular formula is C21H22ClN3O4. The minimum atomic E-state index is -0.762. The Bertz CT molecular complexity index is 1020. The zero-order valence-electron chi connectivity index (χ0n) is 16.7. The molecule has 0 fully saturated rings. The first-order valence-corrected chi connectivity index (χ1v) is 9.57. The maximum atomic E-state index is 12.6. The molecule has 1 amide bonds. The van der Waals surface area contributed by atoms with Gasteiger partial charge in [-0.15, -0.1) is 0 Å². The van der Waals surface area contributed by atoms with E-state index in [0.29, 0.717) is 23.1 Å². The van der Waals surface area contributed by atoms with Crippen LogP contribution in [-0.4, -0.2) is 28.9 Å². The summed E-state index contributed by atoms with van der Waals surface area (Å²) in [6.07, 6.45) is -0.762. The van der Waals surface area contributed by atoms with E-state index in [0.717, 1.165) is 22.4 Å². The van der Waals surface area contributed by atoms with E-state index in [1.54, 1.807) is 25.1 Å². The van der Waals surface area contributed by atoms with Crippen LogP contribution in [0.4, 0.5) is 5.82 Å². The molecule has 2 aromatic carbocycles. The molecule has 0 aliphatic rings. The first-order chi connectivity index (χ1) is 13.9. The van der Waals surface area contributed by atoms with Gasteiger partial charge >= 0.3 is 0 Å². The monoisotopic (exact) mass is 415 g/mol. The molecule has 0 aliphatic heterocycles. The highest BCUT2D eigenvalue weighted by Gasteiger charge is 2.21. The number of hydrogen-bond donors (Lipinski definition) is 1. The van der Waals surface area contributed by atoms with Gasteiger partial charge in [-0.1, -0.05) is 11.6 Å². The molecule has 1 aromatic heterocycles. The number of anilines is 1. The number of carbonyl (C=O) groups is 1. The summed E-state index contributed by atoms with van der Waals surface area (Å²) in [6.45, 7) is 7.96. The minimum absolute atomic E-state index is 0.223. The Labute approximate surface area is 173 Å². The van der Waals surface area contributed by atoms with Gasteiger partial charge in [0.05, 0.1) is 6.61 Å². The van der Waals surface area contributed by atoms with Crippen LogP contribution in [-0.2, 0) is 4.79 Å². The lowest BCUT2D eigenvalue weighted by Gasteiger charge is -2.14. The maximum Gasteiger partial charge on any atom is 0.266 e. The van der Waals surface area contributed by atoms with Crippen LogP contribution >= 0.6 is 11.6 Å². The third kappa shape index (κ3) is 4.86. The van der Waals surface area contributed by atoms with Crippen molar-refractivity contribution in [2.45, 2.75) is 33.8 Å². The summed E-state index contributed by atoms with van der Waals surface area (Å²) in [6, 6.07) is 10.8. The topological polar surface area (TPSA) is 86.5 Å². The van der Waals surface area contributed by atoms with Crippen molar-refractivity contribution in [3.05, 3.63) is 52.5 Å². The number of benzene rings is 2. The van der Waals surface area contributed by atoms with Crippen molar-refractivity contribution in [3.8, 4) is 22.8 Å². The summed E-state index contributed by atoms with van der Waals surface area (Å²) in [7, 11) is 0. The Hall–Kier alpha value is -3.06. The fourth-order valence-corrected chi connectivity index (χ4v) is 2.86. The molecule has 3 aromatic rings. The van der Waals surface area contributed by atoms with Gasteiger partial charge in [0, 0.05) is 10.6 Å². The van der Waals surface area contributed by atoms with Gasteiger partial charge in [0.1, 0.15) is 11.5 Å². The third-order valence-electron chi connectivity index (χ3n) is 4.29. The highest BCUT2D eigenvalue weighted by Crippen LogP contribution is 2.29. The molecule has 1 heterocycles. The van der Waals surface area contributed by atoms with Gasteiger partial charge in [-0.3, -0.25) is 4.79 Å². The Balaban J connectivity index is 1.72. The molecule has 1 atom stereocenters. The number of amides is 1. The average molecular weight is 416 g/mol. The summed E-state index contributed by atoms with van der Waals surface area (Å²) in [5.41, 5.74) is 2.99. The smallest absolute Gasteiger partial charge is 0.266 e. The van der Waals surface area contributed by atoms with Crippen LogP contribution in [0.5, 0.6) is 11.5 Å². The summed E-state index contributed by atoms with van der Waals surface area (Å²) >= 11 is 6.02. The standard InChI is InChI=1S/C21H22ClN3O4/c1-5-27-18-9-6-15(10-13(18)3)19-20(25-29-24-19)23-21(26)14(4)28-16-7-8-17(22)12(2)11-16/h6-11,14H,5H2,1-4H3,(H,23,25,26). The molecular weight excluding hydrogens is 394 g/mol. The highest BCUT2D eigenvalue weighted by atomic mass is 35.5. The number of nitrogens with zero attached hydrogens (tertiary/aromatic N) is 2. The van der Waals surface area contributed by atoms with E-state index in [9.17, 15) is 4.79 Å². The fraction of sp³-hybridized carbons (Fsp3) is 0.286. The van der Waals surface area contributed by atoms with Gasteiger partial charge < -0.3 is 14.8 Å². The molecule has 29 heavy (non-hydrogen) atoms. The van der Waals surface area contributed by atoms with Crippen molar-refractivity contribution in [2.75, 3.05) is 11.9 Å². The Kier molecular flexibility index (Phi) is 6.39. The summed E-state index contributed by atoms with van der Waals surface area (Å²) in [5, 5.41) is 11.1. The van der Waals surface area contributed by atoms with E-state index in [1.165, 1.54) is 0 Å². The van der Waals surface area contributed by atoms with Crippen LogP contribution in [0.15, 0.2) is 41.0 Å². The second kappa shape index (κ2) is 8.96. The first kappa shape index (κ1) is 20.7. The lowest BCUT2D eigenvalue weighted by atomic mass is 10.1. The second-order valence-corrected chi connectivity index (χ2v) is 6.94. The number of nitrogens with one attached hydrogen (secondary N) is 1. The molecule has 8 heteroatoms. The van der Waals surface area contributed by atoms with Crippen molar-refractivity contribution >= 4 is 23.3 Å². The van der Waals surface area contributed by atoms with E-state index >= 15 is 0 Å². The van der Waals surface area contributed by atoms with E-state index < -0.39 is 6.10 Å². The van der Waals surface area contributed by atoms with Gasteiger partial charge in [-0.05, 0) is 85.5 Å². The number of carbonyl (C=O) groups excluding carboxylic acids is 1. The molecule has 0 radical (unpaired) electrons. The van der Waals surface area contributed by atoms with Crippen molar-refractivity contribution in [3.63, 3.8) is 0 Å². The van der Waals surface area contributed by atoms with Crippen LogP contribution in [0.1, 0.15) is 25.0 Å². The van der Waals surface area contributed by atoms with Crippen LogP contribution in [0.25, 0.3) is 11.3 Å². The Morgan fingerprint density at radius 1 is 1.17 bits per heavy atom. The molecule has 0 bridgehead atoms. The predicted octanol–water partition coefficient (Wildman–Crippen LogP) is 4.81. The molecule has 0 saturated carbocycles. The van der Waals surface area contributed by atoms with Gasteiger partial charge in [0.15, 0.2) is 11.8 Å². The lowest BCUT2D eigenvalue weighted by molar-refractivity contribution is -0.122. The minimum Gasteiger partial charge on any atom is -0.494 e. The summed E-state index contributed by atoms with van der Waals surface area (Å²) < 4.78 is 16.1. The number of ether oxygens (including phenoxy) is 2. The quantitative estimate of drug-likeness (QED) is 0.595. The predicted molar refractivity (Wildman–Crippen MR) is 111 cm³/mol. The molecule has 3 rings (SSSR count). The van der Waals surface area contributed by atoms with Crippen molar-refractivity contribution < 1.29 is 18.9 Å². The molecule has 7 nitrogen and oxygen atoms in total. The number of aromatic nitrogens is 2. The van der Waals surface area contributed by atoms with E-state index in [1.807, 2.05) is 39.0 Å².